The van der Waals surface area contributed by atoms with E-state index in [-0.39, 0.29) is 36.6 Å². The number of aliphatic imine (C=N–C) groups is 1. The number of ketones is 1. The van der Waals surface area contributed by atoms with Gasteiger partial charge in [-0.3, -0.25) is 29.0 Å². The van der Waals surface area contributed by atoms with E-state index in [0.29, 0.717) is 11.2 Å². The van der Waals surface area contributed by atoms with Gasteiger partial charge in [-0.1, -0.05) is 55.5 Å². The number of fused-ring (bicyclic) bond motifs is 1. The van der Waals surface area contributed by atoms with Crippen LogP contribution in [-0.4, -0.2) is 83.7 Å². The first-order valence-corrected chi connectivity index (χ1v) is 15.9. The molecular weight excluding hydrogens is 604 g/mol. The summed E-state index contributed by atoms with van der Waals surface area (Å²) in [5.41, 5.74) is 5.16. The molecule has 1 saturated carbocycles. The highest BCUT2D eigenvalue weighted by atomic mass is 16.3. The zero-order valence-corrected chi connectivity index (χ0v) is 26.8. The molecule has 4 N–H and O–H groups in total. The number of hydrogen-bond acceptors (Lipinski definition) is 9. The van der Waals surface area contributed by atoms with Crippen molar-refractivity contribution in [2.45, 2.75) is 89.4 Å². The number of hydrogen-bond donors (Lipinski definition) is 3. The van der Waals surface area contributed by atoms with Gasteiger partial charge in [0.1, 0.15) is 17.4 Å². The van der Waals surface area contributed by atoms with Crippen molar-refractivity contribution in [3.05, 3.63) is 54.0 Å². The van der Waals surface area contributed by atoms with Crippen LogP contribution in [0.2, 0.25) is 0 Å². The molecule has 2 fully saturated rings. The predicted molar refractivity (Wildman–Crippen MR) is 171 cm³/mol. The zero-order chi connectivity index (χ0) is 33.9. The summed E-state index contributed by atoms with van der Waals surface area (Å²) in [5, 5.41) is 22.1. The topological polar surface area (TPSA) is 203 Å². The average molecular weight is 645 g/mol. The van der Waals surface area contributed by atoms with E-state index in [1.807, 2.05) is 24.3 Å². The average Bonchev–Trinajstić information content (AvgIpc) is 3.72. The Bertz CT molecular complexity index is 1720. The van der Waals surface area contributed by atoms with E-state index in [9.17, 15) is 29.1 Å². The number of primary amides is 1. The van der Waals surface area contributed by atoms with Crippen LogP contribution in [0.3, 0.4) is 0 Å². The fourth-order valence-corrected chi connectivity index (χ4v) is 6.39. The van der Waals surface area contributed by atoms with Crippen LogP contribution in [0.25, 0.3) is 10.9 Å². The van der Waals surface area contributed by atoms with Crippen LogP contribution in [0.5, 0.6) is 0 Å². The number of benzene rings is 1. The van der Waals surface area contributed by atoms with Gasteiger partial charge in [0.15, 0.2) is 0 Å². The third kappa shape index (κ3) is 7.59. The maximum absolute atomic E-state index is 14.4. The number of Topliss-reactive ketones (excluding diaryl/α,β-unsaturated/α-hetero) is 1. The fraction of sp³-hybridized carbons (Fsp3) is 0.485. The Morgan fingerprint density at radius 2 is 1.83 bits per heavy atom. The number of pyridine rings is 1. The third-order valence-electron chi connectivity index (χ3n) is 8.91. The monoisotopic (exact) mass is 644 g/mol. The number of nitrogens with one attached hydrogen (secondary N) is 1. The fourth-order valence-electron chi connectivity index (χ4n) is 6.39. The number of amides is 4. The molecule has 3 aromatic rings. The molecule has 1 aliphatic heterocycles. The summed E-state index contributed by atoms with van der Waals surface area (Å²) in [7, 11) is 0. The van der Waals surface area contributed by atoms with Crippen LogP contribution in [0.15, 0.2) is 47.7 Å². The molecule has 14 nitrogen and oxygen atoms in total. The molecule has 14 heteroatoms. The van der Waals surface area contributed by atoms with Crippen molar-refractivity contribution in [2.75, 3.05) is 6.54 Å². The number of carbonyl (C=O) groups is 5. The number of nitrogens with zero attached hydrogens (tertiary/aromatic N) is 6. The van der Waals surface area contributed by atoms with Crippen molar-refractivity contribution >= 4 is 46.0 Å². The minimum atomic E-state index is -1.32. The molecule has 2 aliphatic rings. The number of carbonyl (C=O) groups excluding carboxylic acids is 5. The Morgan fingerprint density at radius 3 is 2.53 bits per heavy atom. The molecule has 1 unspecified atom stereocenters. The van der Waals surface area contributed by atoms with Crippen molar-refractivity contribution in [3.63, 3.8) is 0 Å². The number of likely N-dealkylation sites (tertiary alicyclic amines) is 1. The first-order chi connectivity index (χ1) is 22.3. The number of para-hydroxylation sites is 1. The first-order valence-electron chi connectivity index (χ1n) is 15.9. The molecular formula is C33H40N8O6. The molecule has 0 radical (unpaired) electrons. The lowest BCUT2D eigenvalue weighted by Gasteiger charge is -2.27. The van der Waals surface area contributed by atoms with E-state index in [1.54, 1.807) is 19.9 Å². The summed E-state index contributed by atoms with van der Waals surface area (Å²) in [5.74, 6) is -3.96. The van der Waals surface area contributed by atoms with Crippen LogP contribution in [0.4, 0.5) is 0 Å². The Kier molecular flexibility index (Phi) is 9.89. The number of aliphatic hydroxyl groups is 1. The molecule has 3 atom stereocenters. The Morgan fingerprint density at radius 1 is 1.11 bits per heavy atom. The molecule has 0 spiro atoms. The van der Waals surface area contributed by atoms with Crippen molar-refractivity contribution in [2.24, 2.45) is 16.6 Å². The molecule has 1 aliphatic carbocycles. The van der Waals surface area contributed by atoms with Crippen molar-refractivity contribution < 1.29 is 29.1 Å². The minimum Gasteiger partial charge on any atom is -0.384 e. The van der Waals surface area contributed by atoms with Gasteiger partial charge in [-0.15, -0.1) is 5.10 Å². The Labute approximate surface area is 271 Å². The van der Waals surface area contributed by atoms with Gasteiger partial charge in [0.2, 0.25) is 11.7 Å². The van der Waals surface area contributed by atoms with Crippen molar-refractivity contribution in [3.8, 4) is 0 Å². The highest BCUT2D eigenvalue weighted by molar-refractivity contribution is 6.41. The molecule has 0 bridgehead atoms. The quantitative estimate of drug-likeness (QED) is 0.218. The van der Waals surface area contributed by atoms with E-state index in [4.69, 9.17) is 5.73 Å². The van der Waals surface area contributed by atoms with Gasteiger partial charge in [0.05, 0.1) is 35.1 Å². The highest BCUT2D eigenvalue weighted by Gasteiger charge is 2.44. The van der Waals surface area contributed by atoms with Gasteiger partial charge in [-0.25, -0.2) is 9.67 Å². The smallest absolute Gasteiger partial charge is 0.287 e. The van der Waals surface area contributed by atoms with Gasteiger partial charge in [-0.05, 0) is 45.2 Å². The predicted octanol–water partition coefficient (Wildman–Crippen LogP) is 2.01. The standard InChI is InChI=1S/C33H40N8O6/c1-19(28(42)29(34)43)37-31(45)26-15-23(41-27(17-36-39-41)33(2,3)47)18-40(26)32(46)25(13-20-9-5-4-6-10-20)38-30(44)22-14-21-11-7-8-12-24(21)35-16-22/h7-8,11-12,14,16-17,19-20,23,26,47H,4-6,9-10,13,15,18H2,1-3H3,(H2,34,43)(H,37,45)/t19?,23-,26-/m0/s1. The van der Waals surface area contributed by atoms with Gasteiger partial charge in [0, 0.05) is 24.5 Å². The summed E-state index contributed by atoms with van der Waals surface area (Å²) < 4.78 is 1.48. The van der Waals surface area contributed by atoms with Crippen molar-refractivity contribution in [1.29, 1.82) is 0 Å². The molecule has 47 heavy (non-hydrogen) atoms. The molecule has 248 valence electrons. The maximum atomic E-state index is 14.4. The van der Waals surface area contributed by atoms with Crippen LogP contribution in [-0.2, 0) is 24.8 Å². The number of rotatable bonds is 10. The Balaban J connectivity index is 1.50. The molecule has 1 saturated heterocycles. The normalized spacial score (nSPS) is 19.8. The molecule has 3 heterocycles. The lowest BCUT2D eigenvalue weighted by Crippen LogP contribution is -2.52. The van der Waals surface area contributed by atoms with E-state index in [2.05, 4.69) is 25.6 Å². The van der Waals surface area contributed by atoms with E-state index in [1.165, 1.54) is 28.9 Å². The Hall–Kier alpha value is -4.85. The summed E-state index contributed by atoms with van der Waals surface area (Å²) >= 11 is 0. The van der Waals surface area contributed by atoms with Gasteiger partial charge in [-0.2, -0.15) is 0 Å². The van der Waals surface area contributed by atoms with Crippen LogP contribution in [0.1, 0.15) is 87.8 Å². The summed E-state index contributed by atoms with van der Waals surface area (Å²) in [4.78, 5) is 75.4. The number of aromatic nitrogens is 4. The van der Waals surface area contributed by atoms with Gasteiger partial charge in [0.25, 0.3) is 17.7 Å². The first kappa shape index (κ1) is 33.5. The van der Waals surface area contributed by atoms with Gasteiger partial charge >= 0.3 is 0 Å². The molecule has 5 rings (SSSR count). The highest BCUT2D eigenvalue weighted by Crippen LogP contribution is 2.33. The lowest BCUT2D eigenvalue weighted by atomic mass is 9.85. The van der Waals surface area contributed by atoms with E-state index in [0.717, 1.165) is 37.5 Å². The second kappa shape index (κ2) is 13.9. The largest absolute Gasteiger partial charge is 0.384 e. The third-order valence-corrected chi connectivity index (χ3v) is 8.91. The second-order valence-electron chi connectivity index (χ2n) is 12.9. The van der Waals surface area contributed by atoms with Crippen LogP contribution >= 0.6 is 0 Å². The van der Waals surface area contributed by atoms with Crippen LogP contribution < -0.4 is 11.1 Å². The van der Waals surface area contributed by atoms with Gasteiger partial charge < -0.3 is 21.1 Å². The minimum absolute atomic E-state index is 0.0170. The zero-order valence-electron chi connectivity index (χ0n) is 26.8. The number of nitrogens with two attached hydrogens (primary N) is 1. The molecule has 2 aromatic heterocycles. The summed E-state index contributed by atoms with van der Waals surface area (Å²) in [6.45, 7) is 4.46. The van der Waals surface area contributed by atoms with E-state index >= 15 is 0 Å². The molecule has 1 aromatic carbocycles. The maximum Gasteiger partial charge on any atom is 0.287 e. The summed E-state index contributed by atoms with van der Waals surface area (Å²) in [6, 6.07) is 6.09. The molecule has 4 amide bonds. The summed E-state index contributed by atoms with van der Waals surface area (Å²) in [6.07, 6.45) is 8.01. The SMILES string of the molecule is CC(NC(=O)[C@@H]1C[C@H](n2nncc2C(C)(C)O)CN1C(=O)C(CC1CCCCC1)=NC(=O)c1cnc2ccccc2c1)C(=O)C(N)=O. The lowest BCUT2D eigenvalue weighted by molar-refractivity contribution is -0.139. The van der Waals surface area contributed by atoms with E-state index < -0.39 is 53.1 Å². The van der Waals surface area contributed by atoms with Crippen LogP contribution in [0, 0.1) is 5.92 Å². The second-order valence-corrected chi connectivity index (χ2v) is 12.9. The van der Waals surface area contributed by atoms with Crippen molar-refractivity contribution in [1.82, 2.24) is 30.2 Å².